The molecule has 0 saturated carbocycles. The van der Waals surface area contributed by atoms with E-state index in [1.165, 1.54) is 12.1 Å². The number of hydrogen-bond donors (Lipinski definition) is 4. The lowest BCUT2D eigenvalue weighted by atomic mass is 9.95. The lowest BCUT2D eigenvalue weighted by Crippen LogP contribution is -2.32. The molecule has 1 aliphatic rings. The second kappa shape index (κ2) is 8.13. The maximum absolute atomic E-state index is 12.8. The van der Waals surface area contributed by atoms with Crippen molar-refractivity contribution in [3.05, 3.63) is 46.0 Å². The van der Waals surface area contributed by atoms with E-state index in [1.807, 2.05) is 6.07 Å². The number of nitrogens with one attached hydrogen (secondary N) is 2. The van der Waals surface area contributed by atoms with Crippen LogP contribution >= 0.6 is 11.3 Å². The van der Waals surface area contributed by atoms with E-state index in [0.29, 0.717) is 11.1 Å². The average molecular weight is 472 g/mol. The van der Waals surface area contributed by atoms with E-state index in [4.69, 9.17) is 21.5 Å². The molecular formula is C18H11F3N10OS. The van der Waals surface area contributed by atoms with Gasteiger partial charge in [0.05, 0.1) is 5.69 Å². The van der Waals surface area contributed by atoms with Crippen LogP contribution in [0.15, 0.2) is 29.3 Å². The first-order valence-electron chi connectivity index (χ1n) is 8.88. The van der Waals surface area contributed by atoms with Gasteiger partial charge in [-0.15, -0.1) is 5.10 Å². The molecule has 6 N–H and O–H groups in total. The fraction of sp³-hybridized carbons (Fsp3) is 0.111. The van der Waals surface area contributed by atoms with Crippen LogP contribution in [0.25, 0.3) is 0 Å². The first kappa shape index (κ1) is 21.6. The number of aliphatic imine (C=N–C) groups is 1. The topological polar surface area (TPSA) is 184 Å². The van der Waals surface area contributed by atoms with Crippen molar-refractivity contribution in [2.24, 2.45) is 4.99 Å². The van der Waals surface area contributed by atoms with Gasteiger partial charge in [-0.05, 0) is 17.7 Å². The van der Waals surface area contributed by atoms with Crippen molar-refractivity contribution < 1.29 is 17.9 Å². The number of fused-ring (bicyclic) bond motifs is 1. The van der Waals surface area contributed by atoms with Crippen LogP contribution in [0, 0.1) is 22.8 Å². The average Bonchev–Trinajstić information content (AvgIpc) is 3.23. The van der Waals surface area contributed by atoms with Gasteiger partial charge in [0.15, 0.2) is 6.19 Å². The maximum Gasteiger partial charge on any atom is 0.445 e. The second-order valence-electron chi connectivity index (χ2n) is 6.45. The lowest BCUT2D eigenvalue weighted by Gasteiger charge is -2.26. The highest BCUT2D eigenvalue weighted by molar-refractivity contribution is 7.13. The molecule has 4 rings (SSSR count). The summed E-state index contributed by atoms with van der Waals surface area (Å²) in [6, 6.07) is 7.29. The van der Waals surface area contributed by atoms with Crippen LogP contribution in [-0.2, 0) is 6.18 Å². The molecule has 1 unspecified atom stereocenters. The number of guanidine groups is 1. The molecule has 0 bridgehead atoms. The summed E-state index contributed by atoms with van der Waals surface area (Å²) in [5.41, 5.74) is 12.8. The third-order valence-electron chi connectivity index (χ3n) is 4.39. The molecule has 0 fully saturated rings. The number of hydrogen-bond acceptors (Lipinski definition) is 12. The fourth-order valence-electron chi connectivity index (χ4n) is 3.04. The Labute approximate surface area is 187 Å². The molecule has 3 aromatic rings. The molecular weight excluding hydrogens is 461 g/mol. The number of benzene rings is 1. The van der Waals surface area contributed by atoms with E-state index in [1.54, 1.807) is 18.3 Å². The molecule has 1 atom stereocenters. The van der Waals surface area contributed by atoms with Gasteiger partial charge in [0.25, 0.3) is 5.19 Å². The highest BCUT2D eigenvalue weighted by Gasteiger charge is 2.36. The van der Waals surface area contributed by atoms with E-state index in [0.717, 1.165) is 0 Å². The number of rotatable bonds is 3. The van der Waals surface area contributed by atoms with Gasteiger partial charge in [0, 0.05) is 5.56 Å². The van der Waals surface area contributed by atoms with Crippen molar-refractivity contribution in [3.8, 4) is 23.2 Å². The number of anilines is 3. The molecule has 2 aromatic heterocycles. The van der Waals surface area contributed by atoms with Crippen LogP contribution in [0.4, 0.5) is 30.5 Å². The van der Waals surface area contributed by atoms with Crippen LogP contribution in [0.3, 0.4) is 0 Å². The summed E-state index contributed by atoms with van der Waals surface area (Å²) in [7, 11) is 0. The van der Waals surface area contributed by atoms with Gasteiger partial charge in [0.1, 0.15) is 35.1 Å². The van der Waals surface area contributed by atoms with Crippen LogP contribution in [-0.4, -0.2) is 21.1 Å². The quantitative estimate of drug-likeness (QED) is 0.326. The Hall–Kier alpha value is -4.63. The molecule has 0 saturated heterocycles. The van der Waals surface area contributed by atoms with E-state index in [2.05, 4.69) is 30.8 Å². The Morgan fingerprint density at radius 3 is 2.67 bits per heavy atom. The van der Waals surface area contributed by atoms with Crippen LogP contribution in [0.5, 0.6) is 10.9 Å². The summed E-state index contributed by atoms with van der Waals surface area (Å²) in [5, 5.41) is 28.5. The Kier molecular flexibility index (Phi) is 5.32. The third kappa shape index (κ3) is 4.12. The molecule has 11 nitrogen and oxygen atoms in total. The Balaban J connectivity index is 1.75. The van der Waals surface area contributed by atoms with Crippen molar-refractivity contribution in [1.82, 2.24) is 20.5 Å². The van der Waals surface area contributed by atoms with Crippen molar-refractivity contribution >= 4 is 34.6 Å². The zero-order chi connectivity index (χ0) is 23.8. The molecule has 33 heavy (non-hydrogen) atoms. The summed E-state index contributed by atoms with van der Waals surface area (Å²) in [6.07, 6.45) is -2.90. The van der Waals surface area contributed by atoms with Crippen molar-refractivity contribution in [2.45, 2.75) is 12.2 Å². The Morgan fingerprint density at radius 2 is 2.00 bits per heavy atom. The monoisotopic (exact) mass is 472 g/mol. The molecule has 0 aliphatic carbocycles. The number of nitrogen functional groups attached to an aromatic ring is 2. The van der Waals surface area contributed by atoms with Crippen LogP contribution < -0.4 is 26.8 Å². The van der Waals surface area contributed by atoms with Gasteiger partial charge in [-0.1, -0.05) is 28.6 Å². The van der Waals surface area contributed by atoms with E-state index in [-0.39, 0.29) is 51.1 Å². The SMILES string of the molecule is N#CNC1=NC(c2cccc(Oc3nnc(C(F)(F)F)s3)c2)c2c(nc(N)c(C#N)c2N)N1. The lowest BCUT2D eigenvalue weighted by molar-refractivity contribution is -0.138. The van der Waals surface area contributed by atoms with Crippen molar-refractivity contribution in [1.29, 1.82) is 10.5 Å². The number of nitrogens with zero attached hydrogens (tertiary/aromatic N) is 6. The number of alkyl halides is 3. The van der Waals surface area contributed by atoms with Gasteiger partial charge >= 0.3 is 6.18 Å². The van der Waals surface area contributed by atoms with Gasteiger partial charge in [-0.2, -0.15) is 23.7 Å². The predicted molar refractivity (Wildman–Crippen MR) is 111 cm³/mol. The number of halogens is 3. The largest absolute Gasteiger partial charge is 0.445 e. The summed E-state index contributed by atoms with van der Waals surface area (Å²) in [4.78, 5) is 8.55. The molecule has 15 heteroatoms. The molecule has 1 aliphatic heterocycles. The summed E-state index contributed by atoms with van der Waals surface area (Å²) in [5.74, 6) is 0.292. The molecule has 0 radical (unpaired) electrons. The van der Waals surface area contributed by atoms with Crippen molar-refractivity contribution in [3.63, 3.8) is 0 Å². The number of aromatic nitrogens is 3. The van der Waals surface area contributed by atoms with Gasteiger partial charge in [-0.25, -0.2) is 9.98 Å². The van der Waals surface area contributed by atoms with Gasteiger partial charge < -0.3 is 21.5 Å². The highest BCUT2D eigenvalue weighted by Crippen LogP contribution is 2.42. The van der Waals surface area contributed by atoms with Gasteiger partial charge in [-0.3, -0.25) is 5.32 Å². The predicted octanol–water partition coefficient (Wildman–Crippen LogP) is 2.72. The van der Waals surface area contributed by atoms with E-state index >= 15 is 0 Å². The zero-order valence-corrected chi connectivity index (χ0v) is 17.0. The van der Waals surface area contributed by atoms with Gasteiger partial charge in [0.2, 0.25) is 11.0 Å². The Morgan fingerprint density at radius 1 is 1.21 bits per heavy atom. The summed E-state index contributed by atoms with van der Waals surface area (Å²) >= 11 is 0.248. The molecule has 1 aromatic carbocycles. The molecule has 0 spiro atoms. The van der Waals surface area contributed by atoms with Crippen LogP contribution in [0.1, 0.15) is 27.7 Å². The first-order chi connectivity index (χ1) is 15.7. The first-order valence-corrected chi connectivity index (χ1v) is 9.70. The minimum Gasteiger partial charge on any atom is -0.430 e. The molecule has 0 amide bonds. The van der Waals surface area contributed by atoms with E-state index < -0.39 is 17.2 Å². The smallest absolute Gasteiger partial charge is 0.430 e. The minimum absolute atomic E-state index is 0.0339. The fourth-order valence-corrected chi connectivity index (χ4v) is 3.62. The highest BCUT2D eigenvalue weighted by atomic mass is 32.1. The number of pyridine rings is 1. The normalized spacial score (nSPS) is 14.8. The maximum atomic E-state index is 12.8. The number of ether oxygens (including phenoxy) is 1. The summed E-state index contributed by atoms with van der Waals surface area (Å²) < 4.78 is 43.7. The standard InChI is InChI=1S/C18H11F3N10OS/c19-18(20,21)15-30-31-17(33-15)32-8-3-1-2-7(4-8)12-10-11(24)9(5-22)13(25)28-14(10)29-16(27-12)26-6-23/h1-4,12H,(H6,24,25,26,27,28,29). The van der Waals surface area contributed by atoms with Crippen LogP contribution in [0.2, 0.25) is 0 Å². The minimum atomic E-state index is -4.64. The Bertz CT molecular complexity index is 1350. The third-order valence-corrected chi connectivity index (χ3v) is 5.23. The molecule has 3 heterocycles. The number of nitriles is 2. The summed E-state index contributed by atoms with van der Waals surface area (Å²) in [6.45, 7) is 0. The van der Waals surface area contributed by atoms with Crippen molar-refractivity contribution in [2.75, 3.05) is 16.8 Å². The second-order valence-corrected chi connectivity index (χ2v) is 7.39. The number of nitrogens with two attached hydrogens (primary N) is 2. The zero-order valence-electron chi connectivity index (χ0n) is 16.2. The van der Waals surface area contributed by atoms with E-state index in [9.17, 15) is 18.4 Å². The molecule has 166 valence electrons.